The number of methoxy groups -OCH3 is 1. The molecule has 36 heavy (non-hydrogen) atoms. The number of esters is 1. The second kappa shape index (κ2) is 9.85. The van der Waals surface area contributed by atoms with E-state index in [0.29, 0.717) is 19.3 Å². The number of imidazole rings is 1. The third-order valence-electron chi connectivity index (χ3n) is 6.45. The summed E-state index contributed by atoms with van der Waals surface area (Å²) in [6.45, 7) is 2.11. The van der Waals surface area contributed by atoms with Crippen LogP contribution in [0.4, 0.5) is 4.79 Å². The lowest BCUT2D eigenvalue weighted by Gasteiger charge is -2.16. The molecule has 1 saturated carbocycles. The van der Waals surface area contributed by atoms with Crippen LogP contribution >= 0.6 is 15.9 Å². The Hall–Kier alpha value is -3.53. The van der Waals surface area contributed by atoms with E-state index < -0.39 is 11.6 Å². The molecule has 0 radical (unpaired) electrons. The molecule has 0 bridgehead atoms. The van der Waals surface area contributed by atoms with Crippen molar-refractivity contribution in [3.63, 3.8) is 0 Å². The number of rotatable bonds is 7. The van der Waals surface area contributed by atoms with Crippen LogP contribution in [0.25, 0.3) is 5.69 Å². The monoisotopic (exact) mass is 552 g/mol. The topological polar surface area (TPSA) is 105 Å². The predicted molar refractivity (Wildman–Crippen MR) is 134 cm³/mol. The number of aliphatic imine (C=N–C) groups is 1. The molecule has 1 atom stereocenters. The van der Waals surface area contributed by atoms with Crippen LogP contribution in [0.5, 0.6) is 0 Å². The molecule has 5 rings (SSSR count). The molecule has 186 valence electrons. The highest BCUT2D eigenvalue weighted by atomic mass is 79.9. The molecule has 0 unspecified atom stereocenters. The molecule has 1 aromatic carbocycles. The number of aromatic nitrogens is 3. The van der Waals surface area contributed by atoms with Crippen molar-refractivity contribution in [1.82, 2.24) is 14.5 Å². The van der Waals surface area contributed by atoms with Crippen LogP contribution in [0, 0.1) is 12.3 Å². The van der Waals surface area contributed by atoms with Crippen LogP contribution in [-0.4, -0.2) is 52.7 Å². The second-order valence-electron chi connectivity index (χ2n) is 8.91. The van der Waals surface area contributed by atoms with E-state index in [1.54, 1.807) is 6.20 Å². The van der Waals surface area contributed by atoms with Crippen LogP contribution < -0.4 is 0 Å². The van der Waals surface area contributed by atoms with Crippen molar-refractivity contribution < 1.29 is 23.8 Å². The van der Waals surface area contributed by atoms with Gasteiger partial charge in [0.05, 0.1) is 30.8 Å². The molecule has 0 saturated heterocycles. The summed E-state index contributed by atoms with van der Waals surface area (Å²) >= 11 is 3.59. The number of halogens is 1. The van der Waals surface area contributed by atoms with Gasteiger partial charge in [-0.25, -0.2) is 9.78 Å². The van der Waals surface area contributed by atoms with E-state index in [9.17, 15) is 9.59 Å². The number of hydrogen-bond donors (Lipinski definition) is 0. The lowest BCUT2D eigenvalue weighted by atomic mass is 10.0. The Balaban J connectivity index is 1.42. The van der Waals surface area contributed by atoms with Crippen molar-refractivity contribution in [2.75, 3.05) is 20.3 Å². The molecule has 0 N–H and O–H groups in total. The van der Waals surface area contributed by atoms with Gasteiger partial charge in [0.2, 0.25) is 0 Å². The summed E-state index contributed by atoms with van der Waals surface area (Å²) in [7, 11) is 1.23. The molecular weight excluding hydrogens is 528 g/mol. The highest BCUT2D eigenvalue weighted by Gasteiger charge is 2.52. The highest BCUT2D eigenvalue weighted by Crippen LogP contribution is 2.47. The fourth-order valence-electron chi connectivity index (χ4n) is 4.31. The maximum atomic E-state index is 12.8. The number of nitrogens with zero attached hydrogens (tertiary/aromatic N) is 4. The Labute approximate surface area is 216 Å². The number of carbonyl (C=O) groups excluding carboxylic acids is 2. The van der Waals surface area contributed by atoms with E-state index >= 15 is 0 Å². The predicted octanol–water partition coefficient (Wildman–Crippen LogP) is 4.73. The van der Waals surface area contributed by atoms with Gasteiger partial charge in [0.1, 0.15) is 23.9 Å². The standard InChI is InChI=1S/C26H25BrN4O5/c1-16-14-29-23-20(8-12-35-24(32)26(9-10-26)15-36-25(33)34-2)30-22(19-5-3-4-11-28-19)18-13-17(27)6-7-21(18)31(16)23/h3-7,11,13-14,20H,8-10,12,15H2,1-2H3/t20-/m0/s1. The van der Waals surface area contributed by atoms with Crippen molar-refractivity contribution >= 4 is 33.8 Å². The fourth-order valence-corrected chi connectivity index (χ4v) is 4.67. The van der Waals surface area contributed by atoms with Crippen LogP contribution in [0.1, 0.15) is 48.1 Å². The van der Waals surface area contributed by atoms with Crippen molar-refractivity contribution in [1.29, 1.82) is 0 Å². The zero-order valence-electron chi connectivity index (χ0n) is 19.9. The molecule has 9 nitrogen and oxygen atoms in total. The molecule has 1 aliphatic heterocycles. The van der Waals surface area contributed by atoms with Gasteiger partial charge in [0.25, 0.3) is 0 Å². The normalized spacial score (nSPS) is 17.2. The number of aryl methyl sites for hydroxylation is 1. The van der Waals surface area contributed by atoms with Gasteiger partial charge in [-0.1, -0.05) is 22.0 Å². The first-order chi connectivity index (χ1) is 17.4. The first-order valence-corrected chi connectivity index (χ1v) is 12.4. The Morgan fingerprint density at radius 3 is 2.72 bits per heavy atom. The molecule has 3 aromatic rings. The molecule has 10 heteroatoms. The summed E-state index contributed by atoms with van der Waals surface area (Å²) in [5, 5.41) is 0. The van der Waals surface area contributed by atoms with Gasteiger partial charge in [0.15, 0.2) is 0 Å². The van der Waals surface area contributed by atoms with Crippen molar-refractivity contribution in [3.8, 4) is 5.69 Å². The molecule has 1 aliphatic carbocycles. The zero-order chi connectivity index (χ0) is 25.3. The van der Waals surface area contributed by atoms with Gasteiger partial charge in [-0.15, -0.1) is 0 Å². The Morgan fingerprint density at radius 2 is 2.00 bits per heavy atom. The SMILES string of the molecule is COC(=O)OCC1(C(=O)OCC[C@@H]2N=C(c3ccccn3)c3cc(Br)ccc3-n3c(C)cnc32)CC1. The first kappa shape index (κ1) is 24.2. The Kier molecular flexibility index (Phi) is 6.61. The van der Waals surface area contributed by atoms with Gasteiger partial charge in [-0.05, 0) is 50.1 Å². The summed E-state index contributed by atoms with van der Waals surface area (Å²) in [4.78, 5) is 38.4. The minimum atomic E-state index is -0.808. The minimum Gasteiger partial charge on any atom is -0.465 e. The van der Waals surface area contributed by atoms with E-state index in [2.05, 4.69) is 35.2 Å². The zero-order valence-corrected chi connectivity index (χ0v) is 21.5. The van der Waals surface area contributed by atoms with Gasteiger partial charge in [0, 0.05) is 34.5 Å². The number of pyridine rings is 1. The number of hydrogen-bond acceptors (Lipinski definition) is 8. The number of carbonyl (C=O) groups is 2. The molecule has 2 aliphatic rings. The molecular formula is C26H25BrN4O5. The molecule has 1 fully saturated rings. The van der Waals surface area contributed by atoms with Crippen LogP contribution in [0.15, 0.2) is 58.3 Å². The van der Waals surface area contributed by atoms with Crippen LogP contribution in [0.2, 0.25) is 0 Å². The molecule has 2 aromatic heterocycles. The molecule has 0 spiro atoms. The Morgan fingerprint density at radius 1 is 1.17 bits per heavy atom. The van der Waals surface area contributed by atoms with E-state index in [1.165, 1.54) is 7.11 Å². The maximum Gasteiger partial charge on any atom is 0.508 e. The van der Waals surface area contributed by atoms with Crippen LogP contribution in [-0.2, 0) is 19.0 Å². The van der Waals surface area contributed by atoms with Crippen molar-refractivity contribution in [2.45, 2.75) is 32.2 Å². The molecule has 3 heterocycles. The largest absolute Gasteiger partial charge is 0.508 e. The number of benzene rings is 1. The van der Waals surface area contributed by atoms with E-state index in [1.807, 2.05) is 49.5 Å². The Bertz CT molecular complexity index is 1330. The van der Waals surface area contributed by atoms with Gasteiger partial charge in [-0.3, -0.25) is 19.3 Å². The average molecular weight is 553 g/mol. The lowest BCUT2D eigenvalue weighted by molar-refractivity contribution is -0.152. The van der Waals surface area contributed by atoms with Gasteiger partial charge >= 0.3 is 12.1 Å². The summed E-state index contributed by atoms with van der Waals surface area (Å²) in [5.74, 6) is 0.397. The summed E-state index contributed by atoms with van der Waals surface area (Å²) in [5.41, 5.74) is 3.59. The average Bonchev–Trinajstić information content (AvgIpc) is 3.62. The van der Waals surface area contributed by atoms with Crippen molar-refractivity contribution in [2.24, 2.45) is 10.4 Å². The number of fused-ring (bicyclic) bond motifs is 3. The highest BCUT2D eigenvalue weighted by molar-refractivity contribution is 9.10. The van der Waals surface area contributed by atoms with Crippen molar-refractivity contribution in [3.05, 3.63) is 76.0 Å². The van der Waals surface area contributed by atoms with E-state index in [0.717, 1.165) is 38.6 Å². The summed E-state index contributed by atoms with van der Waals surface area (Å²) in [6, 6.07) is 11.4. The summed E-state index contributed by atoms with van der Waals surface area (Å²) < 4.78 is 18.2. The third kappa shape index (κ3) is 4.65. The van der Waals surface area contributed by atoms with Gasteiger partial charge in [-0.2, -0.15) is 0 Å². The summed E-state index contributed by atoms with van der Waals surface area (Å²) in [6.07, 6.45) is 4.42. The van der Waals surface area contributed by atoms with E-state index in [4.69, 9.17) is 14.5 Å². The molecule has 0 amide bonds. The fraction of sp³-hybridized carbons (Fsp3) is 0.346. The van der Waals surface area contributed by atoms with E-state index in [-0.39, 0.29) is 25.2 Å². The van der Waals surface area contributed by atoms with Gasteiger partial charge < -0.3 is 14.2 Å². The third-order valence-corrected chi connectivity index (χ3v) is 6.95. The van der Waals surface area contributed by atoms with Crippen LogP contribution in [0.3, 0.4) is 0 Å². The number of ether oxygens (including phenoxy) is 3. The maximum absolute atomic E-state index is 12.8. The first-order valence-electron chi connectivity index (χ1n) is 11.6. The lowest BCUT2D eigenvalue weighted by Crippen LogP contribution is -2.26. The minimum absolute atomic E-state index is 0.0439. The smallest absolute Gasteiger partial charge is 0.465 e. The quantitative estimate of drug-likeness (QED) is 0.390. The second-order valence-corrected chi connectivity index (χ2v) is 9.83.